The standard InChI is InChI=1S/C23H25FN4O6/c1-28-17-9-13(8-14-4-5-15(24)10-16(14)27-18(29)12-34-3)11-26-20(17)21(30)19(23(28)32)22(31)25-6-7-33-2/h4-5,9-11,30H,6-8,12H2,1-3H3,(H,25,31)(H,27,29). The Balaban J connectivity index is 1.97. The van der Waals surface area contributed by atoms with E-state index in [0.717, 1.165) is 0 Å². The fourth-order valence-electron chi connectivity index (χ4n) is 3.44. The minimum atomic E-state index is -0.731. The number of halogens is 1. The number of methoxy groups -OCH3 is 2. The Hall–Kier alpha value is -3.83. The largest absolute Gasteiger partial charge is 0.505 e. The van der Waals surface area contributed by atoms with Crippen molar-refractivity contribution >= 4 is 28.5 Å². The van der Waals surface area contributed by atoms with Crippen LogP contribution in [0.1, 0.15) is 21.5 Å². The lowest BCUT2D eigenvalue weighted by molar-refractivity contribution is -0.119. The normalized spacial score (nSPS) is 10.9. The van der Waals surface area contributed by atoms with E-state index in [1.807, 2.05) is 0 Å². The third-order valence-corrected chi connectivity index (χ3v) is 5.10. The van der Waals surface area contributed by atoms with Crippen molar-refractivity contribution < 1.29 is 28.6 Å². The number of benzene rings is 1. The fourth-order valence-corrected chi connectivity index (χ4v) is 3.44. The first-order valence-corrected chi connectivity index (χ1v) is 10.3. The summed E-state index contributed by atoms with van der Waals surface area (Å²) in [5.41, 5.74) is 0.808. The summed E-state index contributed by atoms with van der Waals surface area (Å²) in [5.74, 6) is -2.20. The van der Waals surface area contributed by atoms with Crippen molar-refractivity contribution in [2.24, 2.45) is 7.05 Å². The van der Waals surface area contributed by atoms with Crippen LogP contribution >= 0.6 is 0 Å². The number of pyridine rings is 2. The van der Waals surface area contributed by atoms with E-state index in [1.165, 1.54) is 50.2 Å². The first kappa shape index (κ1) is 24.8. The van der Waals surface area contributed by atoms with E-state index < -0.39 is 34.5 Å². The Morgan fingerprint density at radius 3 is 2.68 bits per heavy atom. The van der Waals surface area contributed by atoms with Crippen LogP contribution in [0.4, 0.5) is 10.1 Å². The Morgan fingerprint density at radius 1 is 1.21 bits per heavy atom. The number of anilines is 1. The van der Waals surface area contributed by atoms with Crippen LogP contribution in [0.3, 0.4) is 0 Å². The maximum Gasteiger partial charge on any atom is 0.267 e. The Morgan fingerprint density at radius 2 is 1.97 bits per heavy atom. The van der Waals surface area contributed by atoms with Gasteiger partial charge in [0.15, 0.2) is 5.75 Å². The van der Waals surface area contributed by atoms with Gasteiger partial charge in [-0.15, -0.1) is 0 Å². The van der Waals surface area contributed by atoms with Gasteiger partial charge in [-0.2, -0.15) is 0 Å². The molecule has 2 heterocycles. The van der Waals surface area contributed by atoms with E-state index in [0.29, 0.717) is 16.6 Å². The number of carbonyl (C=O) groups is 2. The molecule has 0 radical (unpaired) electrons. The molecule has 0 bridgehead atoms. The van der Waals surface area contributed by atoms with Crippen molar-refractivity contribution in [1.29, 1.82) is 0 Å². The summed E-state index contributed by atoms with van der Waals surface area (Å²) >= 11 is 0. The van der Waals surface area contributed by atoms with Gasteiger partial charge in [0.1, 0.15) is 23.5 Å². The van der Waals surface area contributed by atoms with E-state index in [9.17, 15) is 23.9 Å². The summed E-state index contributed by atoms with van der Waals surface area (Å²) in [6.45, 7) is 0.235. The van der Waals surface area contributed by atoms with Gasteiger partial charge in [0.25, 0.3) is 11.5 Å². The Bertz CT molecular complexity index is 1290. The van der Waals surface area contributed by atoms with Gasteiger partial charge in [0.2, 0.25) is 5.91 Å². The van der Waals surface area contributed by atoms with Crippen LogP contribution in [-0.2, 0) is 27.7 Å². The minimum absolute atomic E-state index is 0.0791. The highest BCUT2D eigenvalue weighted by Gasteiger charge is 2.22. The summed E-state index contributed by atoms with van der Waals surface area (Å²) < 4.78 is 24.7. The van der Waals surface area contributed by atoms with Crippen LogP contribution in [0.15, 0.2) is 35.3 Å². The summed E-state index contributed by atoms with van der Waals surface area (Å²) in [6.07, 6.45) is 1.73. The molecule has 0 atom stereocenters. The van der Waals surface area contributed by atoms with Gasteiger partial charge in [0.05, 0.1) is 12.1 Å². The molecule has 3 N–H and O–H groups in total. The van der Waals surface area contributed by atoms with Crippen molar-refractivity contribution in [3.8, 4) is 5.75 Å². The van der Waals surface area contributed by atoms with Gasteiger partial charge in [-0.05, 0) is 29.3 Å². The Kier molecular flexibility index (Phi) is 7.92. The van der Waals surface area contributed by atoms with Crippen molar-refractivity contribution in [2.75, 3.05) is 39.3 Å². The molecule has 0 fully saturated rings. The highest BCUT2D eigenvalue weighted by atomic mass is 19.1. The molecule has 0 aliphatic rings. The van der Waals surface area contributed by atoms with E-state index >= 15 is 0 Å². The highest BCUT2D eigenvalue weighted by molar-refractivity contribution is 6.01. The summed E-state index contributed by atoms with van der Waals surface area (Å²) in [7, 11) is 4.32. The number of hydrogen-bond donors (Lipinski definition) is 3. The van der Waals surface area contributed by atoms with Gasteiger partial charge in [-0.3, -0.25) is 19.4 Å². The highest BCUT2D eigenvalue weighted by Crippen LogP contribution is 2.27. The molecule has 0 saturated heterocycles. The first-order chi connectivity index (χ1) is 16.3. The van der Waals surface area contributed by atoms with Crippen molar-refractivity contribution in [1.82, 2.24) is 14.9 Å². The summed E-state index contributed by atoms with van der Waals surface area (Å²) in [4.78, 5) is 41.4. The smallest absolute Gasteiger partial charge is 0.267 e. The van der Waals surface area contributed by atoms with Crippen LogP contribution < -0.4 is 16.2 Å². The molecule has 0 unspecified atom stereocenters. The SMILES string of the molecule is COCCNC(=O)c1c(O)c2ncc(Cc3ccc(F)cc3NC(=O)COC)cc2n(C)c1=O. The second-order valence-electron chi connectivity index (χ2n) is 7.51. The van der Waals surface area contributed by atoms with E-state index in [-0.39, 0.29) is 37.4 Å². The number of carbonyl (C=O) groups excluding carboxylic acids is 2. The third-order valence-electron chi connectivity index (χ3n) is 5.10. The molecule has 34 heavy (non-hydrogen) atoms. The molecule has 2 aromatic heterocycles. The number of aryl methyl sites for hydroxylation is 1. The quantitative estimate of drug-likeness (QED) is 0.400. The predicted molar refractivity (Wildman–Crippen MR) is 123 cm³/mol. The number of rotatable bonds is 9. The number of fused-ring (bicyclic) bond motifs is 1. The molecule has 0 spiro atoms. The first-order valence-electron chi connectivity index (χ1n) is 10.3. The van der Waals surface area contributed by atoms with Crippen LogP contribution in [0.25, 0.3) is 11.0 Å². The minimum Gasteiger partial charge on any atom is -0.505 e. The summed E-state index contributed by atoms with van der Waals surface area (Å²) in [5, 5.41) is 15.7. The molecule has 0 aliphatic heterocycles. The van der Waals surface area contributed by atoms with E-state index in [4.69, 9.17) is 9.47 Å². The van der Waals surface area contributed by atoms with E-state index in [2.05, 4.69) is 15.6 Å². The molecule has 11 heteroatoms. The molecule has 0 aliphatic carbocycles. The number of amides is 2. The van der Waals surface area contributed by atoms with Gasteiger partial charge in [0, 0.05) is 46.1 Å². The van der Waals surface area contributed by atoms with Crippen molar-refractivity contribution in [3.05, 3.63) is 63.3 Å². The monoisotopic (exact) mass is 472 g/mol. The van der Waals surface area contributed by atoms with Crippen molar-refractivity contribution in [2.45, 2.75) is 6.42 Å². The number of aromatic hydroxyl groups is 1. The number of ether oxygens (including phenoxy) is 2. The van der Waals surface area contributed by atoms with Gasteiger partial charge in [-0.25, -0.2) is 4.39 Å². The molecule has 3 rings (SSSR count). The Labute approximate surface area is 194 Å². The molecule has 3 aromatic rings. The fraction of sp³-hybridized carbons (Fsp3) is 0.304. The number of nitrogens with one attached hydrogen (secondary N) is 2. The topological polar surface area (TPSA) is 132 Å². The lowest BCUT2D eigenvalue weighted by Crippen LogP contribution is -2.34. The third kappa shape index (κ3) is 5.38. The second kappa shape index (κ2) is 10.9. The van der Waals surface area contributed by atoms with Crippen LogP contribution in [0.5, 0.6) is 5.75 Å². The van der Waals surface area contributed by atoms with Gasteiger partial charge >= 0.3 is 0 Å². The van der Waals surface area contributed by atoms with Crippen molar-refractivity contribution in [3.63, 3.8) is 0 Å². The summed E-state index contributed by atoms with van der Waals surface area (Å²) in [6, 6.07) is 5.64. The molecule has 0 saturated carbocycles. The van der Waals surface area contributed by atoms with Gasteiger partial charge in [-0.1, -0.05) is 6.07 Å². The molecular formula is C23H25FN4O6. The zero-order chi connectivity index (χ0) is 24.8. The van der Waals surface area contributed by atoms with Crippen LogP contribution in [0, 0.1) is 5.82 Å². The maximum atomic E-state index is 13.8. The molecule has 1 aromatic carbocycles. The zero-order valence-corrected chi connectivity index (χ0v) is 19.0. The number of hydrogen-bond acceptors (Lipinski definition) is 7. The molecule has 10 nitrogen and oxygen atoms in total. The molecule has 2 amide bonds. The molecular weight excluding hydrogens is 447 g/mol. The van der Waals surface area contributed by atoms with Crippen LogP contribution in [-0.4, -0.2) is 60.5 Å². The zero-order valence-electron chi connectivity index (χ0n) is 19.0. The van der Waals surface area contributed by atoms with Crippen LogP contribution in [0.2, 0.25) is 0 Å². The number of nitrogens with zero attached hydrogens (tertiary/aromatic N) is 2. The average molecular weight is 472 g/mol. The second-order valence-corrected chi connectivity index (χ2v) is 7.51. The molecule has 180 valence electrons. The predicted octanol–water partition coefficient (Wildman–Crippen LogP) is 1.33. The maximum absolute atomic E-state index is 13.8. The lowest BCUT2D eigenvalue weighted by Gasteiger charge is -2.14. The van der Waals surface area contributed by atoms with E-state index in [1.54, 1.807) is 6.07 Å². The average Bonchev–Trinajstić information content (AvgIpc) is 2.80. The lowest BCUT2D eigenvalue weighted by atomic mass is 10.0. The van der Waals surface area contributed by atoms with Gasteiger partial charge < -0.3 is 29.8 Å². The number of aromatic nitrogens is 2.